The van der Waals surface area contributed by atoms with E-state index in [1.807, 2.05) is 0 Å². The van der Waals surface area contributed by atoms with E-state index in [2.05, 4.69) is 20.7 Å². The standard InChI is InChI=1S/C14H16BrF3O3/c15-12-9-11(5-6-13(12)21-14(16,17)18)20-8-2-4-10-3-1-7-19-10/h5-6,9-10H,1-4,7-8H2. The van der Waals surface area contributed by atoms with Gasteiger partial charge in [0.2, 0.25) is 0 Å². The molecule has 0 aromatic heterocycles. The Morgan fingerprint density at radius 3 is 2.76 bits per heavy atom. The predicted octanol–water partition coefficient (Wildman–Crippen LogP) is 4.69. The van der Waals surface area contributed by atoms with Gasteiger partial charge in [-0.25, -0.2) is 0 Å². The van der Waals surface area contributed by atoms with Gasteiger partial charge in [-0.2, -0.15) is 0 Å². The van der Waals surface area contributed by atoms with E-state index in [1.165, 1.54) is 18.2 Å². The lowest BCUT2D eigenvalue weighted by Crippen LogP contribution is -2.17. The molecule has 0 amide bonds. The lowest BCUT2D eigenvalue weighted by atomic mass is 10.1. The molecule has 7 heteroatoms. The second-order valence-corrected chi connectivity index (χ2v) is 5.62. The normalized spacial score (nSPS) is 18.8. The molecule has 1 aromatic rings. The van der Waals surface area contributed by atoms with Crippen LogP contribution in [0.2, 0.25) is 0 Å². The van der Waals surface area contributed by atoms with Gasteiger partial charge in [0, 0.05) is 6.61 Å². The summed E-state index contributed by atoms with van der Waals surface area (Å²) in [6.45, 7) is 1.34. The highest BCUT2D eigenvalue weighted by Gasteiger charge is 2.32. The summed E-state index contributed by atoms with van der Waals surface area (Å²) in [5, 5.41) is 0. The molecule has 0 saturated carbocycles. The summed E-state index contributed by atoms with van der Waals surface area (Å²) in [6, 6.07) is 4.15. The van der Waals surface area contributed by atoms with Crippen LogP contribution in [0.4, 0.5) is 13.2 Å². The van der Waals surface area contributed by atoms with Crippen molar-refractivity contribution in [1.82, 2.24) is 0 Å². The summed E-state index contributed by atoms with van der Waals surface area (Å²) in [5.74, 6) is 0.220. The monoisotopic (exact) mass is 368 g/mol. The van der Waals surface area contributed by atoms with Crippen LogP contribution in [0, 0.1) is 0 Å². The molecule has 21 heavy (non-hydrogen) atoms. The molecule has 1 aliphatic heterocycles. The molecule has 1 aromatic carbocycles. The largest absolute Gasteiger partial charge is 0.573 e. The maximum absolute atomic E-state index is 12.1. The highest BCUT2D eigenvalue weighted by Crippen LogP contribution is 2.33. The molecule has 0 N–H and O–H groups in total. The maximum Gasteiger partial charge on any atom is 0.573 e. The van der Waals surface area contributed by atoms with E-state index < -0.39 is 6.36 Å². The van der Waals surface area contributed by atoms with E-state index in [0.717, 1.165) is 32.3 Å². The first-order valence-corrected chi connectivity index (χ1v) is 7.53. The number of halogens is 4. The quantitative estimate of drug-likeness (QED) is 0.682. The topological polar surface area (TPSA) is 27.7 Å². The van der Waals surface area contributed by atoms with Crippen LogP contribution in [0.15, 0.2) is 22.7 Å². The maximum atomic E-state index is 12.1. The van der Waals surface area contributed by atoms with E-state index in [-0.39, 0.29) is 10.2 Å². The van der Waals surface area contributed by atoms with Crippen molar-refractivity contribution in [2.24, 2.45) is 0 Å². The van der Waals surface area contributed by atoms with E-state index in [4.69, 9.17) is 9.47 Å². The highest BCUT2D eigenvalue weighted by atomic mass is 79.9. The fourth-order valence-corrected chi connectivity index (χ4v) is 2.59. The Labute approximate surface area is 129 Å². The lowest BCUT2D eigenvalue weighted by Gasteiger charge is -2.13. The molecule has 0 aliphatic carbocycles. The smallest absolute Gasteiger partial charge is 0.494 e. The first kappa shape index (κ1) is 16.4. The van der Waals surface area contributed by atoms with E-state index in [0.29, 0.717) is 18.5 Å². The summed E-state index contributed by atoms with van der Waals surface area (Å²) in [7, 11) is 0. The zero-order valence-corrected chi connectivity index (χ0v) is 12.9. The molecule has 1 saturated heterocycles. The summed E-state index contributed by atoms with van der Waals surface area (Å²) in [4.78, 5) is 0. The molecule has 1 atom stereocenters. The Hall–Kier alpha value is -0.950. The van der Waals surface area contributed by atoms with Gasteiger partial charge in [-0.05, 0) is 59.8 Å². The van der Waals surface area contributed by atoms with Gasteiger partial charge >= 0.3 is 6.36 Å². The van der Waals surface area contributed by atoms with Gasteiger partial charge < -0.3 is 14.2 Å². The molecule has 0 spiro atoms. The van der Waals surface area contributed by atoms with Gasteiger partial charge in [0.1, 0.15) is 11.5 Å². The number of ether oxygens (including phenoxy) is 3. The second kappa shape index (κ2) is 7.35. The van der Waals surface area contributed by atoms with Crippen LogP contribution in [0.1, 0.15) is 25.7 Å². The van der Waals surface area contributed by atoms with Crippen LogP contribution >= 0.6 is 15.9 Å². The highest BCUT2D eigenvalue weighted by molar-refractivity contribution is 9.10. The van der Waals surface area contributed by atoms with Crippen molar-refractivity contribution in [3.63, 3.8) is 0 Å². The fourth-order valence-electron chi connectivity index (χ4n) is 2.15. The van der Waals surface area contributed by atoms with Crippen LogP contribution in [-0.4, -0.2) is 25.7 Å². The lowest BCUT2D eigenvalue weighted by molar-refractivity contribution is -0.274. The minimum Gasteiger partial charge on any atom is -0.494 e. The Balaban J connectivity index is 1.77. The van der Waals surface area contributed by atoms with Crippen LogP contribution < -0.4 is 9.47 Å². The minimum absolute atomic E-state index is 0.205. The average molecular weight is 369 g/mol. The van der Waals surface area contributed by atoms with E-state index in [9.17, 15) is 13.2 Å². The minimum atomic E-state index is -4.70. The van der Waals surface area contributed by atoms with Gasteiger partial charge in [-0.1, -0.05) is 0 Å². The van der Waals surface area contributed by atoms with Crippen molar-refractivity contribution in [1.29, 1.82) is 0 Å². The third-order valence-corrected chi connectivity index (χ3v) is 3.71. The van der Waals surface area contributed by atoms with Gasteiger partial charge in [0.15, 0.2) is 0 Å². The molecule has 3 nitrogen and oxygen atoms in total. The zero-order chi connectivity index (χ0) is 15.3. The number of alkyl halides is 3. The van der Waals surface area contributed by atoms with Crippen molar-refractivity contribution in [2.75, 3.05) is 13.2 Å². The molecular formula is C14H16BrF3O3. The molecule has 1 heterocycles. The van der Waals surface area contributed by atoms with Crippen molar-refractivity contribution in [2.45, 2.75) is 38.1 Å². The molecule has 1 fully saturated rings. The average Bonchev–Trinajstić information content (AvgIpc) is 2.89. The summed E-state index contributed by atoms with van der Waals surface area (Å²) < 4.78 is 51.5. The van der Waals surface area contributed by atoms with Gasteiger partial charge in [0.25, 0.3) is 0 Å². The molecule has 1 aliphatic rings. The summed E-state index contributed by atoms with van der Waals surface area (Å²) >= 11 is 3.04. The summed E-state index contributed by atoms with van der Waals surface area (Å²) in [6.07, 6.45) is -0.386. The molecule has 0 radical (unpaired) electrons. The third-order valence-electron chi connectivity index (χ3n) is 3.09. The fraction of sp³-hybridized carbons (Fsp3) is 0.571. The first-order chi connectivity index (χ1) is 9.94. The Bertz CT molecular complexity index is 459. The number of rotatable bonds is 6. The first-order valence-electron chi connectivity index (χ1n) is 6.74. The molecule has 2 rings (SSSR count). The Kier molecular flexibility index (Phi) is 5.75. The van der Waals surface area contributed by atoms with Gasteiger partial charge in [0.05, 0.1) is 17.2 Å². The number of benzene rings is 1. The van der Waals surface area contributed by atoms with Gasteiger partial charge in [-0.15, -0.1) is 13.2 Å². The van der Waals surface area contributed by atoms with E-state index >= 15 is 0 Å². The van der Waals surface area contributed by atoms with Crippen molar-refractivity contribution in [3.05, 3.63) is 22.7 Å². The van der Waals surface area contributed by atoms with Crippen LogP contribution in [-0.2, 0) is 4.74 Å². The molecule has 0 bridgehead atoms. The second-order valence-electron chi connectivity index (χ2n) is 4.77. The SMILES string of the molecule is FC(F)(F)Oc1ccc(OCCCC2CCCO2)cc1Br. The van der Waals surface area contributed by atoms with Crippen molar-refractivity contribution < 1.29 is 27.4 Å². The number of hydrogen-bond donors (Lipinski definition) is 0. The van der Waals surface area contributed by atoms with Gasteiger partial charge in [-0.3, -0.25) is 0 Å². The zero-order valence-electron chi connectivity index (χ0n) is 11.3. The van der Waals surface area contributed by atoms with Crippen LogP contribution in [0.3, 0.4) is 0 Å². The predicted molar refractivity (Wildman–Crippen MR) is 74.5 cm³/mol. The molecular weight excluding hydrogens is 353 g/mol. The number of hydrogen-bond acceptors (Lipinski definition) is 3. The van der Waals surface area contributed by atoms with Crippen molar-refractivity contribution >= 4 is 15.9 Å². The molecule has 1 unspecified atom stereocenters. The Morgan fingerprint density at radius 2 is 2.14 bits per heavy atom. The van der Waals surface area contributed by atoms with Crippen LogP contribution in [0.5, 0.6) is 11.5 Å². The summed E-state index contributed by atoms with van der Waals surface area (Å²) in [5.41, 5.74) is 0. The third kappa shape index (κ3) is 5.74. The molecule has 118 valence electrons. The Morgan fingerprint density at radius 1 is 1.33 bits per heavy atom. The van der Waals surface area contributed by atoms with Crippen molar-refractivity contribution in [3.8, 4) is 11.5 Å². The van der Waals surface area contributed by atoms with E-state index in [1.54, 1.807) is 0 Å². The van der Waals surface area contributed by atoms with Crippen LogP contribution in [0.25, 0.3) is 0 Å².